The van der Waals surface area contributed by atoms with Crippen molar-refractivity contribution >= 4 is 21.9 Å². The Kier molecular flexibility index (Phi) is 3.54. The molecule has 0 fully saturated rings. The van der Waals surface area contributed by atoms with Crippen molar-refractivity contribution in [1.82, 2.24) is 14.5 Å². The van der Waals surface area contributed by atoms with Crippen molar-refractivity contribution in [2.45, 2.75) is 13.1 Å². The third kappa shape index (κ3) is 2.61. The van der Waals surface area contributed by atoms with Crippen molar-refractivity contribution in [3.8, 4) is 5.69 Å². The van der Waals surface area contributed by atoms with Crippen LogP contribution in [0.25, 0.3) is 27.6 Å². The molecule has 26 heavy (non-hydrogen) atoms. The van der Waals surface area contributed by atoms with Gasteiger partial charge in [0.15, 0.2) is 0 Å². The molecule has 0 N–H and O–H groups in total. The van der Waals surface area contributed by atoms with Gasteiger partial charge in [-0.2, -0.15) is 13.2 Å². The maximum absolute atomic E-state index is 13.1. The van der Waals surface area contributed by atoms with Crippen molar-refractivity contribution in [2.24, 2.45) is 0 Å². The largest absolute Gasteiger partial charge is 0.416 e. The fraction of sp³-hybridized carbons (Fsp3) is 0.105. The number of rotatable bonds is 1. The minimum absolute atomic E-state index is 0.131. The maximum atomic E-state index is 13.1. The van der Waals surface area contributed by atoms with E-state index < -0.39 is 17.3 Å². The second-order valence-electron chi connectivity index (χ2n) is 5.94. The van der Waals surface area contributed by atoms with Gasteiger partial charge in [0.2, 0.25) is 0 Å². The summed E-state index contributed by atoms with van der Waals surface area (Å²) in [5.74, 6) is 0. The summed E-state index contributed by atoms with van der Waals surface area (Å²) in [7, 11) is 0. The van der Waals surface area contributed by atoms with Gasteiger partial charge in [0.1, 0.15) is 5.52 Å². The van der Waals surface area contributed by atoms with Gasteiger partial charge in [-0.05, 0) is 43.3 Å². The zero-order valence-corrected chi connectivity index (χ0v) is 13.6. The summed E-state index contributed by atoms with van der Waals surface area (Å²) < 4.78 is 40.5. The predicted molar refractivity (Wildman–Crippen MR) is 92.4 cm³/mol. The number of halogens is 3. The van der Waals surface area contributed by atoms with Crippen molar-refractivity contribution in [3.63, 3.8) is 0 Å². The lowest BCUT2D eigenvalue weighted by atomic mass is 10.1. The molecule has 0 aliphatic rings. The Morgan fingerprint density at radius 1 is 1.04 bits per heavy atom. The minimum Gasteiger partial charge on any atom is -0.275 e. The first kappa shape index (κ1) is 16.3. The van der Waals surface area contributed by atoms with E-state index in [0.717, 1.165) is 17.8 Å². The second-order valence-corrected chi connectivity index (χ2v) is 5.94. The predicted octanol–water partition coefficient (Wildman–Crippen LogP) is 4.26. The van der Waals surface area contributed by atoms with Crippen LogP contribution < -0.4 is 5.56 Å². The van der Waals surface area contributed by atoms with E-state index in [-0.39, 0.29) is 5.69 Å². The van der Waals surface area contributed by atoms with Gasteiger partial charge in [-0.3, -0.25) is 14.3 Å². The molecule has 0 aliphatic carbocycles. The zero-order chi connectivity index (χ0) is 18.5. The Morgan fingerprint density at radius 2 is 1.85 bits per heavy atom. The molecular formula is C19H12F3N3O. The van der Waals surface area contributed by atoms with Crippen molar-refractivity contribution < 1.29 is 13.2 Å². The fourth-order valence-corrected chi connectivity index (χ4v) is 2.95. The van der Waals surface area contributed by atoms with Crippen LogP contribution in [0.3, 0.4) is 0 Å². The molecule has 4 rings (SSSR count). The standard InChI is InChI=1S/C19H12F3N3O/c1-11-5-7-15-17(24-11)18-12(10-23-15)6-8-16(26)25(18)14-4-2-3-13(9-14)19(20,21)22/h2-10H,1H3. The number of hydrogen-bond donors (Lipinski definition) is 0. The van der Waals surface area contributed by atoms with Crippen LogP contribution in [-0.2, 0) is 6.18 Å². The van der Waals surface area contributed by atoms with Crippen LogP contribution in [0.5, 0.6) is 0 Å². The summed E-state index contributed by atoms with van der Waals surface area (Å²) in [5.41, 5.74) is 1.07. The van der Waals surface area contributed by atoms with Crippen molar-refractivity contribution in [2.75, 3.05) is 0 Å². The van der Waals surface area contributed by atoms with E-state index in [0.29, 0.717) is 21.9 Å². The lowest BCUT2D eigenvalue weighted by molar-refractivity contribution is -0.137. The first-order chi connectivity index (χ1) is 12.3. The number of nitrogens with zero attached hydrogens (tertiary/aromatic N) is 3. The summed E-state index contributed by atoms with van der Waals surface area (Å²) in [6.45, 7) is 1.80. The highest BCUT2D eigenvalue weighted by Gasteiger charge is 2.30. The Balaban J connectivity index is 2.15. The lowest BCUT2D eigenvalue weighted by Gasteiger charge is -2.14. The normalized spacial score (nSPS) is 12.0. The van der Waals surface area contributed by atoms with Gasteiger partial charge in [0.25, 0.3) is 5.56 Å². The third-order valence-electron chi connectivity index (χ3n) is 4.13. The molecule has 1 aromatic carbocycles. The van der Waals surface area contributed by atoms with Gasteiger partial charge in [-0.25, -0.2) is 4.98 Å². The van der Waals surface area contributed by atoms with Gasteiger partial charge in [0.05, 0.1) is 16.6 Å². The highest BCUT2D eigenvalue weighted by atomic mass is 19.4. The monoisotopic (exact) mass is 355 g/mol. The molecule has 3 aromatic heterocycles. The number of hydrogen-bond acceptors (Lipinski definition) is 3. The molecule has 0 radical (unpaired) electrons. The molecule has 0 saturated heterocycles. The van der Waals surface area contributed by atoms with Crippen molar-refractivity contribution in [3.05, 3.63) is 76.3 Å². The number of pyridine rings is 3. The molecule has 0 bridgehead atoms. The highest BCUT2D eigenvalue weighted by Crippen LogP contribution is 2.31. The molecule has 0 saturated carbocycles. The van der Waals surface area contributed by atoms with E-state index in [1.165, 1.54) is 22.8 Å². The summed E-state index contributed by atoms with van der Waals surface area (Å²) in [5, 5.41) is 0.618. The molecular weight excluding hydrogens is 343 g/mol. The Hall–Kier alpha value is -3.22. The lowest BCUT2D eigenvalue weighted by Crippen LogP contribution is -2.18. The maximum Gasteiger partial charge on any atom is 0.416 e. The number of alkyl halides is 3. The first-order valence-electron chi connectivity index (χ1n) is 7.80. The number of fused-ring (bicyclic) bond motifs is 3. The van der Waals surface area contributed by atoms with Crippen molar-refractivity contribution in [1.29, 1.82) is 0 Å². The van der Waals surface area contributed by atoms with Gasteiger partial charge < -0.3 is 0 Å². The van der Waals surface area contributed by atoms with E-state index in [1.807, 2.05) is 0 Å². The van der Waals surface area contributed by atoms with Crippen LogP contribution in [0, 0.1) is 6.92 Å². The molecule has 7 heteroatoms. The average molecular weight is 355 g/mol. The summed E-state index contributed by atoms with van der Waals surface area (Å²) in [6.07, 6.45) is -2.92. The Labute approximate surface area is 145 Å². The number of aromatic nitrogens is 3. The van der Waals surface area contributed by atoms with Gasteiger partial charge >= 0.3 is 6.18 Å². The molecule has 3 heterocycles. The molecule has 4 nitrogen and oxygen atoms in total. The van der Waals surface area contributed by atoms with E-state index in [4.69, 9.17) is 0 Å². The van der Waals surface area contributed by atoms with E-state index >= 15 is 0 Å². The van der Waals surface area contributed by atoms with Crippen LogP contribution in [0.1, 0.15) is 11.3 Å². The smallest absolute Gasteiger partial charge is 0.275 e. The van der Waals surface area contributed by atoms with Crippen LogP contribution in [0.4, 0.5) is 13.2 Å². The van der Waals surface area contributed by atoms with Gasteiger partial charge in [-0.1, -0.05) is 6.07 Å². The van der Waals surface area contributed by atoms with Crippen LogP contribution in [0.15, 0.2) is 59.5 Å². The van der Waals surface area contributed by atoms with E-state index in [9.17, 15) is 18.0 Å². The van der Waals surface area contributed by atoms with Gasteiger partial charge in [-0.15, -0.1) is 0 Å². The average Bonchev–Trinajstić information content (AvgIpc) is 2.61. The summed E-state index contributed by atoms with van der Waals surface area (Å²) >= 11 is 0. The molecule has 130 valence electrons. The number of benzene rings is 1. The molecule has 0 spiro atoms. The van der Waals surface area contributed by atoms with Crippen LogP contribution >= 0.6 is 0 Å². The Morgan fingerprint density at radius 3 is 2.62 bits per heavy atom. The highest BCUT2D eigenvalue weighted by molar-refractivity contribution is 6.01. The Bertz CT molecular complexity index is 1210. The molecule has 0 aliphatic heterocycles. The minimum atomic E-state index is -4.50. The summed E-state index contributed by atoms with van der Waals surface area (Å²) in [4.78, 5) is 21.3. The fourth-order valence-electron chi connectivity index (χ4n) is 2.95. The van der Waals surface area contributed by atoms with Crippen LogP contribution in [0.2, 0.25) is 0 Å². The molecule has 0 amide bonds. The molecule has 4 aromatic rings. The van der Waals surface area contributed by atoms with Gasteiger partial charge in [0, 0.05) is 29.0 Å². The quantitative estimate of drug-likeness (QED) is 0.479. The van der Waals surface area contributed by atoms with E-state index in [2.05, 4.69) is 9.97 Å². The molecule has 0 unspecified atom stereocenters. The summed E-state index contributed by atoms with van der Waals surface area (Å²) in [6, 6.07) is 11.2. The second kappa shape index (κ2) is 5.66. The third-order valence-corrected chi connectivity index (χ3v) is 4.13. The number of aryl methyl sites for hydroxylation is 1. The van der Waals surface area contributed by atoms with Crippen LogP contribution in [-0.4, -0.2) is 14.5 Å². The molecule has 0 atom stereocenters. The zero-order valence-electron chi connectivity index (χ0n) is 13.6. The SMILES string of the molecule is Cc1ccc2ncc3ccc(=O)n(-c4cccc(C(F)(F)F)c4)c3c2n1. The topological polar surface area (TPSA) is 47.8 Å². The van der Waals surface area contributed by atoms with E-state index in [1.54, 1.807) is 31.3 Å². The first-order valence-corrected chi connectivity index (χ1v) is 7.80.